The molecule has 2 saturated heterocycles. The van der Waals surface area contributed by atoms with Gasteiger partial charge in [0.1, 0.15) is 0 Å². The van der Waals surface area contributed by atoms with Crippen molar-refractivity contribution < 1.29 is 4.74 Å². The zero-order valence-corrected chi connectivity index (χ0v) is 13.3. The smallest absolute Gasteiger partial charge is 0.231 e. The van der Waals surface area contributed by atoms with Gasteiger partial charge in [-0.05, 0) is 18.0 Å². The third kappa shape index (κ3) is 3.36. The van der Waals surface area contributed by atoms with Crippen LogP contribution >= 0.6 is 11.6 Å². The van der Waals surface area contributed by atoms with Crippen LogP contribution in [0.5, 0.6) is 0 Å². The van der Waals surface area contributed by atoms with Crippen molar-refractivity contribution >= 4 is 23.5 Å². The average molecular weight is 313 g/mol. The van der Waals surface area contributed by atoms with E-state index in [0.29, 0.717) is 17.9 Å². The molecule has 1 aromatic rings. The van der Waals surface area contributed by atoms with Crippen LogP contribution < -0.4 is 9.80 Å². The second-order valence-electron chi connectivity index (χ2n) is 5.64. The highest BCUT2D eigenvalue weighted by Crippen LogP contribution is 2.23. The zero-order chi connectivity index (χ0) is 14.8. The molecule has 116 valence electrons. The predicted octanol–water partition coefficient (Wildman–Crippen LogP) is 0.502. The molecule has 0 saturated carbocycles. The molecule has 0 aromatic carbocycles. The molecule has 0 radical (unpaired) electrons. The summed E-state index contributed by atoms with van der Waals surface area (Å²) >= 11 is 6.02. The fraction of sp³-hybridized carbons (Fsp3) is 0.769. The van der Waals surface area contributed by atoms with Crippen molar-refractivity contribution in [3.8, 4) is 0 Å². The van der Waals surface area contributed by atoms with Crippen LogP contribution in [0.2, 0.25) is 5.28 Å². The van der Waals surface area contributed by atoms with Crippen molar-refractivity contribution in [3.63, 3.8) is 0 Å². The summed E-state index contributed by atoms with van der Waals surface area (Å²) in [6.45, 7) is 5.58. The highest BCUT2D eigenvalue weighted by Gasteiger charge is 2.30. The van der Waals surface area contributed by atoms with Gasteiger partial charge in [0.15, 0.2) is 0 Å². The molecule has 2 aliphatic heterocycles. The summed E-state index contributed by atoms with van der Waals surface area (Å²) in [5.41, 5.74) is 0. The standard InChI is InChI=1S/C13H21ClN6O/c1-18(2)12-15-11(14)16-13(17-12)20-4-3-10(9-20)19-5-7-21-8-6-19/h10H,3-9H2,1-2H3. The maximum absolute atomic E-state index is 6.02. The van der Waals surface area contributed by atoms with Crippen LogP contribution in [-0.2, 0) is 4.74 Å². The van der Waals surface area contributed by atoms with Crippen molar-refractivity contribution in [2.75, 3.05) is 63.3 Å². The summed E-state index contributed by atoms with van der Waals surface area (Å²) in [6, 6.07) is 0.548. The van der Waals surface area contributed by atoms with Crippen LogP contribution in [0, 0.1) is 0 Å². The fourth-order valence-electron chi connectivity index (χ4n) is 2.84. The van der Waals surface area contributed by atoms with Crippen molar-refractivity contribution in [2.45, 2.75) is 12.5 Å². The SMILES string of the molecule is CN(C)c1nc(Cl)nc(N2CCC(N3CCOCC3)C2)n1. The summed E-state index contributed by atoms with van der Waals surface area (Å²) in [4.78, 5) is 19.4. The molecule has 1 aromatic heterocycles. The maximum atomic E-state index is 6.02. The minimum atomic E-state index is 0.249. The van der Waals surface area contributed by atoms with Crippen LogP contribution in [0.25, 0.3) is 0 Å². The number of aromatic nitrogens is 3. The maximum Gasteiger partial charge on any atom is 0.231 e. The summed E-state index contributed by atoms with van der Waals surface area (Å²) in [5, 5.41) is 0.249. The Hall–Kier alpha value is -1.18. The van der Waals surface area contributed by atoms with Crippen LogP contribution in [0.3, 0.4) is 0 Å². The number of nitrogens with zero attached hydrogens (tertiary/aromatic N) is 6. The number of rotatable bonds is 3. The van der Waals surface area contributed by atoms with Crippen LogP contribution in [0.1, 0.15) is 6.42 Å². The van der Waals surface area contributed by atoms with E-state index < -0.39 is 0 Å². The first-order chi connectivity index (χ1) is 10.1. The Morgan fingerprint density at radius 1 is 1.14 bits per heavy atom. The molecule has 7 nitrogen and oxygen atoms in total. The summed E-state index contributed by atoms with van der Waals surface area (Å²) < 4.78 is 5.42. The second-order valence-corrected chi connectivity index (χ2v) is 5.97. The van der Waals surface area contributed by atoms with Crippen LogP contribution in [0.15, 0.2) is 0 Å². The Labute approximate surface area is 129 Å². The van der Waals surface area contributed by atoms with E-state index >= 15 is 0 Å². The third-order valence-electron chi connectivity index (χ3n) is 3.99. The molecule has 21 heavy (non-hydrogen) atoms. The van der Waals surface area contributed by atoms with E-state index in [4.69, 9.17) is 16.3 Å². The Bertz CT molecular complexity index is 494. The molecule has 0 amide bonds. The fourth-order valence-corrected chi connectivity index (χ4v) is 2.99. The highest BCUT2D eigenvalue weighted by molar-refractivity contribution is 6.28. The largest absolute Gasteiger partial charge is 0.379 e. The molecular weight excluding hydrogens is 292 g/mol. The first-order valence-corrected chi connectivity index (χ1v) is 7.67. The molecule has 3 heterocycles. The van der Waals surface area contributed by atoms with Gasteiger partial charge in [0.2, 0.25) is 17.2 Å². The van der Waals surface area contributed by atoms with Gasteiger partial charge in [-0.1, -0.05) is 0 Å². The molecule has 3 rings (SSSR count). The van der Waals surface area contributed by atoms with E-state index in [9.17, 15) is 0 Å². The van der Waals surface area contributed by atoms with Gasteiger partial charge in [-0.15, -0.1) is 0 Å². The van der Waals surface area contributed by atoms with Gasteiger partial charge in [0, 0.05) is 46.3 Å². The second kappa shape index (κ2) is 6.29. The van der Waals surface area contributed by atoms with Gasteiger partial charge >= 0.3 is 0 Å². The van der Waals surface area contributed by atoms with Gasteiger partial charge in [-0.25, -0.2) is 0 Å². The van der Waals surface area contributed by atoms with Crippen LogP contribution in [-0.4, -0.2) is 79.4 Å². The number of morpholine rings is 1. The summed E-state index contributed by atoms with van der Waals surface area (Å²) in [5.74, 6) is 1.27. The Kier molecular flexibility index (Phi) is 4.42. The summed E-state index contributed by atoms with van der Waals surface area (Å²) in [7, 11) is 3.80. The van der Waals surface area contributed by atoms with Gasteiger partial charge in [-0.2, -0.15) is 15.0 Å². The van der Waals surface area contributed by atoms with Gasteiger partial charge < -0.3 is 14.5 Å². The van der Waals surface area contributed by atoms with Crippen molar-refractivity contribution in [3.05, 3.63) is 5.28 Å². The molecule has 0 spiro atoms. The molecule has 0 bridgehead atoms. The Morgan fingerprint density at radius 3 is 2.62 bits per heavy atom. The van der Waals surface area contributed by atoms with Gasteiger partial charge in [-0.3, -0.25) is 4.90 Å². The molecular formula is C13H21ClN6O. The normalized spacial score (nSPS) is 23.6. The highest BCUT2D eigenvalue weighted by atomic mass is 35.5. The quantitative estimate of drug-likeness (QED) is 0.805. The lowest BCUT2D eigenvalue weighted by atomic mass is 10.2. The lowest BCUT2D eigenvalue weighted by Crippen LogP contribution is -2.44. The Balaban J connectivity index is 1.70. The minimum Gasteiger partial charge on any atom is -0.379 e. The van der Waals surface area contributed by atoms with E-state index in [0.717, 1.165) is 45.8 Å². The zero-order valence-electron chi connectivity index (χ0n) is 12.5. The topological polar surface area (TPSA) is 57.6 Å². The van der Waals surface area contributed by atoms with Crippen LogP contribution in [0.4, 0.5) is 11.9 Å². The first-order valence-electron chi connectivity index (χ1n) is 7.29. The molecule has 2 fully saturated rings. The molecule has 0 N–H and O–H groups in total. The Morgan fingerprint density at radius 2 is 1.90 bits per heavy atom. The van der Waals surface area contributed by atoms with E-state index in [-0.39, 0.29) is 5.28 Å². The van der Waals surface area contributed by atoms with Crippen molar-refractivity contribution in [1.82, 2.24) is 19.9 Å². The monoisotopic (exact) mass is 312 g/mol. The number of anilines is 2. The first kappa shape index (κ1) is 14.7. The predicted molar refractivity (Wildman–Crippen MR) is 82.2 cm³/mol. The number of ether oxygens (including phenoxy) is 1. The third-order valence-corrected chi connectivity index (χ3v) is 4.16. The van der Waals surface area contributed by atoms with Crippen molar-refractivity contribution in [1.29, 1.82) is 0 Å². The molecule has 1 unspecified atom stereocenters. The minimum absolute atomic E-state index is 0.249. The average Bonchev–Trinajstić information content (AvgIpc) is 2.97. The summed E-state index contributed by atoms with van der Waals surface area (Å²) in [6.07, 6.45) is 1.13. The molecule has 2 aliphatic rings. The number of hydrogen-bond donors (Lipinski definition) is 0. The van der Waals surface area contributed by atoms with E-state index in [1.165, 1.54) is 0 Å². The molecule has 0 aliphatic carbocycles. The van der Waals surface area contributed by atoms with Crippen molar-refractivity contribution in [2.24, 2.45) is 0 Å². The molecule has 8 heteroatoms. The van der Waals surface area contributed by atoms with Gasteiger partial charge in [0.05, 0.1) is 13.2 Å². The molecule has 1 atom stereocenters. The van der Waals surface area contributed by atoms with E-state index in [1.54, 1.807) is 0 Å². The van der Waals surface area contributed by atoms with E-state index in [1.807, 2.05) is 19.0 Å². The lowest BCUT2D eigenvalue weighted by Gasteiger charge is -2.32. The number of hydrogen-bond acceptors (Lipinski definition) is 7. The van der Waals surface area contributed by atoms with Gasteiger partial charge in [0.25, 0.3) is 0 Å². The lowest BCUT2D eigenvalue weighted by molar-refractivity contribution is 0.0209. The van der Waals surface area contributed by atoms with E-state index in [2.05, 4.69) is 24.8 Å². The number of halogens is 1.